The van der Waals surface area contributed by atoms with Crippen LogP contribution in [-0.4, -0.2) is 60.6 Å². The number of nitrogens with one attached hydrogen (secondary N) is 2. The number of nitrogens with zero attached hydrogens (tertiary/aromatic N) is 7. The maximum atomic E-state index is 14.8. The fourth-order valence-corrected chi connectivity index (χ4v) is 4.80. The lowest BCUT2D eigenvalue weighted by atomic mass is 10.1. The summed E-state index contributed by atoms with van der Waals surface area (Å²) in [6.07, 6.45) is 4.64. The molecule has 4 aromatic rings. The third-order valence-electron chi connectivity index (χ3n) is 6.58. The fourth-order valence-electron chi connectivity index (χ4n) is 4.80. The van der Waals surface area contributed by atoms with Crippen molar-refractivity contribution in [3.8, 4) is 11.3 Å². The van der Waals surface area contributed by atoms with E-state index in [4.69, 9.17) is 0 Å². The first kappa shape index (κ1) is 24.2. The predicted octanol–water partition coefficient (Wildman–Crippen LogP) is 4.20. The summed E-state index contributed by atoms with van der Waals surface area (Å²) < 4.78 is 16.9. The highest BCUT2D eigenvalue weighted by atomic mass is 19.1. The van der Waals surface area contributed by atoms with E-state index in [0.717, 1.165) is 43.1 Å². The maximum absolute atomic E-state index is 14.8. The molecule has 0 aliphatic carbocycles. The zero-order valence-electron chi connectivity index (χ0n) is 21.4. The molecule has 10 heteroatoms. The minimum absolute atomic E-state index is 0.171. The second-order valence-corrected chi connectivity index (χ2v) is 10.2. The van der Waals surface area contributed by atoms with Gasteiger partial charge in [-0.2, -0.15) is 0 Å². The average molecular weight is 490 g/mol. The van der Waals surface area contributed by atoms with Gasteiger partial charge in [0, 0.05) is 55.7 Å². The van der Waals surface area contributed by atoms with Gasteiger partial charge in [-0.05, 0) is 52.3 Å². The highest BCUT2D eigenvalue weighted by Gasteiger charge is 2.22. The highest BCUT2D eigenvalue weighted by molar-refractivity contribution is 5.78. The maximum Gasteiger partial charge on any atom is 0.229 e. The molecule has 5 rings (SSSR count). The Balaban J connectivity index is 1.40. The summed E-state index contributed by atoms with van der Waals surface area (Å²) in [5, 5.41) is 6.48. The van der Waals surface area contributed by atoms with Gasteiger partial charge < -0.3 is 15.2 Å². The summed E-state index contributed by atoms with van der Waals surface area (Å²) in [5.74, 6) is 1.20. The van der Waals surface area contributed by atoms with E-state index in [9.17, 15) is 4.39 Å². The van der Waals surface area contributed by atoms with E-state index in [2.05, 4.69) is 78.8 Å². The van der Waals surface area contributed by atoms with Crippen LogP contribution in [0.4, 0.5) is 16.2 Å². The second-order valence-electron chi connectivity index (χ2n) is 10.2. The molecule has 1 saturated heterocycles. The molecule has 0 bridgehead atoms. The summed E-state index contributed by atoms with van der Waals surface area (Å²) in [4.78, 5) is 24.6. The molecule has 1 unspecified atom stereocenters. The molecule has 4 aromatic heterocycles. The van der Waals surface area contributed by atoms with Crippen molar-refractivity contribution < 1.29 is 4.39 Å². The SMILES string of the molecule is Cc1nc2ncc(-c3nc(Nc4ccc(C(C)N5CCNCC5)cn4)ncc3F)cc2n1C(C)(C)C. The van der Waals surface area contributed by atoms with Crippen LogP contribution in [0, 0.1) is 12.7 Å². The van der Waals surface area contributed by atoms with Gasteiger partial charge in [0.05, 0.1) is 11.7 Å². The number of rotatable bonds is 5. The number of hydrogen-bond acceptors (Lipinski definition) is 8. The molecule has 2 N–H and O–H groups in total. The molecule has 1 atom stereocenters. The van der Waals surface area contributed by atoms with Crippen LogP contribution in [0.1, 0.15) is 45.1 Å². The minimum Gasteiger partial charge on any atom is -0.321 e. The second kappa shape index (κ2) is 9.51. The van der Waals surface area contributed by atoms with Gasteiger partial charge in [-0.3, -0.25) is 4.90 Å². The highest BCUT2D eigenvalue weighted by Crippen LogP contribution is 2.29. The van der Waals surface area contributed by atoms with Crippen LogP contribution in [0.3, 0.4) is 0 Å². The molecule has 0 spiro atoms. The molecule has 0 radical (unpaired) electrons. The van der Waals surface area contributed by atoms with Crippen molar-refractivity contribution in [2.75, 3.05) is 31.5 Å². The van der Waals surface area contributed by atoms with E-state index in [1.807, 2.05) is 25.3 Å². The summed E-state index contributed by atoms with van der Waals surface area (Å²) in [6.45, 7) is 14.5. The zero-order chi connectivity index (χ0) is 25.4. The molecule has 1 fully saturated rings. The zero-order valence-corrected chi connectivity index (χ0v) is 21.4. The van der Waals surface area contributed by atoms with Crippen LogP contribution >= 0.6 is 0 Å². The first-order chi connectivity index (χ1) is 17.2. The summed E-state index contributed by atoms with van der Waals surface area (Å²) >= 11 is 0. The number of aryl methyl sites for hydroxylation is 1. The molecule has 0 saturated carbocycles. The van der Waals surface area contributed by atoms with Crippen LogP contribution < -0.4 is 10.6 Å². The molecular weight excluding hydrogens is 457 g/mol. The summed E-state index contributed by atoms with van der Waals surface area (Å²) in [6, 6.07) is 6.13. The third kappa shape index (κ3) is 4.78. The van der Waals surface area contributed by atoms with Crippen molar-refractivity contribution in [1.82, 2.24) is 39.7 Å². The van der Waals surface area contributed by atoms with Crippen molar-refractivity contribution in [2.45, 2.75) is 46.2 Å². The summed E-state index contributed by atoms with van der Waals surface area (Å²) in [5.41, 5.74) is 3.14. The van der Waals surface area contributed by atoms with Crippen LogP contribution in [0.25, 0.3) is 22.4 Å². The van der Waals surface area contributed by atoms with Crippen molar-refractivity contribution in [2.24, 2.45) is 0 Å². The molecular formula is C26H32FN9. The van der Waals surface area contributed by atoms with Gasteiger partial charge in [0.2, 0.25) is 5.95 Å². The number of halogens is 1. The molecule has 0 aromatic carbocycles. The van der Waals surface area contributed by atoms with Gasteiger partial charge in [-0.15, -0.1) is 0 Å². The van der Waals surface area contributed by atoms with E-state index in [0.29, 0.717) is 17.0 Å². The van der Waals surface area contributed by atoms with Gasteiger partial charge in [0.1, 0.15) is 17.3 Å². The van der Waals surface area contributed by atoms with Crippen molar-refractivity contribution >= 4 is 22.9 Å². The molecule has 9 nitrogen and oxygen atoms in total. The third-order valence-corrected chi connectivity index (χ3v) is 6.58. The Labute approximate surface area is 210 Å². The minimum atomic E-state index is -0.520. The first-order valence-corrected chi connectivity index (χ1v) is 12.3. The van der Waals surface area contributed by atoms with Crippen molar-refractivity contribution in [1.29, 1.82) is 0 Å². The number of fused-ring (bicyclic) bond motifs is 1. The lowest BCUT2D eigenvalue weighted by molar-refractivity contribution is 0.185. The van der Waals surface area contributed by atoms with Gasteiger partial charge in [0.15, 0.2) is 11.5 Å². The Kier molecular flexibility index (Phi) is 6.40. The van der Waals surface area contributed by atoms with E-state index in [1.165, 1.54) is 6.20 Å². The quantitative estimate of drug-likeness (QED) is 0.431. The van der Waals surface area contributed by atoms with Gasteiger partial charge >= 0.3 is 0 Å². The fraction of sp³-hybridized carbons (Fsp3) is 0.423. The van der Waals surface area contributed by atoms with Crippen LogP contribution in [0.15, 0.2) is 36.8 Å². The number of imidazole rings is 1. The smallest absolute Gasteiger partial charge is 0.229 e. The standard InChI is InChI=1S/C26H32FN9/c1-16(35-10-8-28-9-11-35)18-6-7-22(29-13-18)33-25-31-15-20(27)23(34-25)19-12-21-24(30-14-19)32-17(2)36(21)26(3,4)5/h6-7,12-16,28H,8-11H2,1-5H3,(H,29,31,33,34). The number of aromatic nitrogens is 6. The summed E-state index contributed by atoms with van der Waals surface area (Å²) in [7, 11) is 0. The lowest BCUT2D eigenvalue weighted by Gasteiger charge is -2.32. The van der Waals surface area contributed by atoms with Crippen LogP contribution in [0.5, 0.6) is 0 Å². The Bertz CT molecular complexity index is 1370. The molecule has 1 aliphatic rings. The molecule has 0 amide bonds. The molecule has 188 valence electrons. The molecule has 5 heterocycles. The number of hydrogen-bond donors (Lipinski definition) is 2. The molecule has 1 aliphatic heterocycles. The van der Waals surface area contributed by atoms with Crippen LogP contribution in [-0.2, 0) is 5.54 Å². The number of piperazine rings is 1. The van der Waals surface area contributed by atoms with Crippen LogP contribution in [0.2, 0.25) is 0 Å². The van der Waals surface area contributed by atoms with Gasteiger partial charge in [-0.25, -0.2) is 29.3 Å². The van der Waals surface area contributed by atoms with Crippen molar-refractivity contribution in [3.63, 3.8) is 0 Å². The number of anilines is 2. The van der Waals surface area contributed by atoms with E-state index >= 15 is 0 Å². The van der Waals surface area contributed by atoms with Gasteiger partial charge in [0.25, 0.3) is 0 Å². The van der Waals surface area contributed by atoms with E-state index in [1.54, 1.807) is 6.20 Å². The average Bonchev–Trinajstić information content (AvgIpc) is 3.21. The Morgan fingerprint density at radius 1 is 1.03 bits per heavy atom. The van der Waals surface area contributed by atoms with E-state index in [-0.39, 0.29) is 23.2 Å². The van der Waals surface area contributed by atoms with Crippen molar-refractivity contribution in [3.05, 3.63) is 54.0 Å². The molecule has 36 heavy (non-hydrogen) atoms. The normalized spacial score (nSPS) is 15.8. The lowest BCUT2D eigenvalue weighted by Crippen LogP contribution is -2.44. The Hall–Kier alpha value is -3.50. The number of pyridine rings is 2. The van der Waals surface area contributed by atoms with Gasteiger partial charge in [-0.1, -0.05) is 6.07 Å². The predicted molar refractivity (Wildman–Crippen MR) is 139 cm³/mol. The topological polar surface area (TPSA) is 96.7 Å². The Morgan fingerprint density at radius 2 is 1.81 bits per heavy atom. The Morgan fingerprint density at radius 3 is 2.50 bits per heavy atom. The monoisotopic (exact) mass is 489 g/mol. The largest absolute Gasteiger partial charge is 0.321 e. The van der Waals surface area contributed by atoms with E-state index < -0.39 is 5.82 Å². The first-order valence-electron chi connectivity index (χ1n) is 12.3.